The highest BCUT2D eigenvalue weighted by molar-refractivity contribution is 6.30. The molecule has 2 rings (SSSR count). The Morgan fingerprint density at radius 1 is 1.65 bits per heavy atom. The summed E-state index contributed by atoms with van der Waals surface area (Å²) in [6.45, 7) is 0.519. The zero-order chi connectivity index (χ0) is 12.4. The van der Waals surface area contributed by atoms with Crippen LogP contribution in [0.25, 0.3) is 0 Å². The van der Waals surface area contributed by atoms with Gasteiger partial charge in [0, 0.05) is 25.2 Å². The Kier molecular flexibility index (Phi) is 3.47. The molecule has 92 valence electrons. The first kappa shape index (κ1) is 12.1. The number of hydrogen-bond acceptors (Lipinski definition) is 3. The van der Waals surface area contributed by atoms with Gasteiger partial charge in [-0.3, -0.25) is 5.41 Å². The lowest BCUT2D eigenvalue weighted by molar-refractivity contribution is 0.607. The molecule has 1 aliphatic carbocycles. The molecule has 0 spiro atoms. The van der Waals surface area contributed by atoms with Crippen LogP contribution in [0.3, 0.4) is 0 Å². The zero-order valence-electron chi connectivity index (χ0n) is 9.29. The van der Waals surface area contributed by atoms with Gasteiger partial charge < -0.3 is 10.6 Å². The maximum Gasteiger partial charge on any atom is 0.167 e. The molecule has 1 aromatic heterocycles. The van der Waals surface area contributed by atoms with Crippen molar-refractivity contribution in [3.63, 3.8) is 0 Å². The van der Waals surface area contributed by atoms with Gasteiger partial charge in [0.2, 0.25) is 0 Å². The fraction of sp³-hybridized carbons (Fsp3) is 0.455. The fourth-order valence-electron chi connectivity index (χ4n) is 1.71. The number of nitrogens with zero attached hydrogens (tertiary/aromatic N) is 2. The summed E-state index contributed by atoms with van der Waals surface area (Å²) >= 11 is 5.67. The molecule has 17 heavy (non-hydrogen) atoms. The van der Waals surface area contributed by atoms with Gasteiger partial charge in [0.05, 0.1) is 10.9 Å². The van der Waals surface area contributed by atoms with E-state index >= 15 is 0 Å². The Morgan fingerprint density at radius 2 is 2.35 bits per heavy atom. The van der Waals surface area contributed by atoms with Gasteiger partial charge in [-0.1, -0.05) is 11.6 Å². The van der Waals surface area contributed by atoms with Crippen molar-refractivity contribution in [3.05, 3.63) is 23.1 Å². The number of nitrogens with one attached hydrogen (secondary N) is 1. The molecular weight excluding hydrogens is 243 g/mol. The van der Waals surface area contributed by atoms with Crippen molar-refractivity contribution >= 4 is 23.3 Å². The smallest absolute Gasteiger partial charge is 0.167 e. The molecule has 0 saturated heterocycles. The second kappa shape index (κ2) is 4.87. The highest BCUT2D eigenvalue weighted by atomic mass is 35.5. The van der Waals surface area contributed by atoms with Crippen LogP contribution in [0.4, 0.5) is 10.2 Å². The van der Waals surface area contributed by atoms with E-state index in [1.165, 1.54) is 12.3 Å². The third-order valence-electron chi connectivity index (χ3n) is 2.67. The van der Waals surface area contributed by atoms with Crippen LogP contribution in [0.15, 0.2) is 12.3 Å². The lowest BCUT2D eigenvalue weighted by atomic mass is 10.3. The van der Waals surface area contributed by atoms with Crippen LogP contribution in [0.5, 0.6) is 0 Å². The van der Waals surface area contributed by atoms with Crippen LogP contribution in [0.2, 0.25) is 5.02 Å². The van der Waals surface area contributed by atoms with E-state index in [2.05, 4.69) is 4.98 Å². The monoisotopic (exact) mass is 256 g/mol. The Labute approximate surface area is 104 Å². The van der Waals surface area contributed by atoms with E-state index in [4.69, 9.17) is 22.7 Å². The molecule has 1 aromatic rings. The van der Waals surface area contributed by atoms with Gasteiger partial charge in [-0.2, -0.15) is 0 Å². The van der Waals surface area contributed by atoms with Crippen molar-refractivity contribution in [1.29, 1.82) is 5.41 Å². The predicted molar refractivity (Wildman–Crippen MR) is 66.1 cm³/mol. The summed E-state index contributed by atoms with van der Waals surface area (Å²) in [5.74, 6) is -0.0175. The minimum Gasteiger partial charge on any atom is -0.388 e. The maximum atomic E-state index is 13.7. The number of amidine groups is 1. The van der Waals surface area contributed by atoms with E-state index in [1.54, 1.807) is 0 Å². The Hall–Kier alpha value is -1.36. The molecule has 0 amide bonds. The highest BCUT2D eigenvalue weighted by Gasteiger charge is 2.31. The molecule has 0 bridgehead atoms. The number of hydrogen-bond donors (Lipinski definition) is 2. The average Bonchev–Trinajstić information content (AvgIpc) is 3.04. The van der Waals surface area contributed by atoms with Crippen LogP contribution >= 0.6 is 11.6 Å². The minimum absolute atomic E-state index is 0.102. The van der Waals surface area contributed by atoms with Crippen LogP contribution in [0.1, 0.15) is 19.3 Å². The first-order chi connectivity index (χ1) is 8.08. The molecule has 3 N–H and O–H groups in total. The maximum absolute atomic E-state index is 13.7. The summed E-state index contributed by atoms with van der Waals surface area (Å²) in [5.41, 5.74) is 5.32. The van der Waals surface area contributed by atoms with Crippen molar-refractivity contribution in [1.82, 2.24) is 4.98 Å². The van der Waals surface area contributed by atoms with E-state index in [9.17, 15) is 4.39 Å². The number of nitrogens with two attached hydrogens (primary N) is 1. The number of halogens is 2. The quantitative estimate of drug-likeness (QED) is 0.627. The van der Waals surface area contributed by atoms with E-state index in [-0.39, 0.29) is 10.9 Å². The van der Waals surface area contributed by atoms with Crippen molar-refractivity contribution in [2.24, 2.45) is 5.73 Å². The fourth-order valence-corrected chi connectivity index (χ4v) is 1.85. The van der Waals surface area contributed by atoms with Gasteiger partial charge in [0.1, 0.15) is 0 Å². The molecular formula is C11H14ClFN4. The Balaban J connectivity index is 2.17. The Morgan fingerprint density at radius 3 is 2.88 bits per heavy atom. The molecule has 1 fully saturated rings. The SMILES string of the molecule is N=C(N)CCN(c1ncc(Cl)cc1F)C1CC1. The third-order valence-corrected chi connectivity index (χ3v) is 2.88. The average molecular weight is 257 g/mol. The molecule has 6 heteroatoms. The number of anilines is 1. The van der Waals surface area contributed by atoms with Gasteiger partial charge >= 0.3 is 0 Å². The normalized spacial score (nSPS) is 14.7. The summed E-state index contributed by atoms with van der Waals surface area (Å²) in [6.07, 6.45) is 3.91. The van der Waals surface area contributed by atoms with Gasteiger partial charge in [0.25, 0.3) is 0 Å². The number of pyridine rings is 1. The lowest BCUT2D eigenvalue weighted by Crippen LogP contribution is -2.31. The first-order valence-electron chi connectivity index (χ1n) is 5.48. The molecule has 1 aliphatic rings. The first-order valence-corrected chi connectivity index (χ1v) is 5.86. The van der Waals surface area contributed by atoms with Crippen molar-refractivity contribution in [3.8, 4) is 0 Å². The lowest BCUT2D eigenvalue weighted by Gasteiger charge is -2.23. The van der Waals surface area contributed by atoms with Crippen molar-refractivity contribution < 1.29 is 4.39 Å². The van der Waals surface area contributed by atoms with Gasteiger partial charge in [-0.25, -0.2) is 9.37 Å². The van der Waals surface area contributed by atoms with E-state index in [0.29, 0.717) is 24.8 Å². The molecule has 0 aromatic carbocycles. The molecule has 1 heterocycles. The largest absolute Gasteiger partial charge is 0.388 e. The number of aromatic nitrogens is 1. The van der Waals surface area contributed by atoms with Crippen LogP contribution in [0, 0.1) is 11.2 Å². The summed E-state index contributed by atoms with van der Waals surface area (Å²) in [4.78, 5) is 5.89. The summed E-state index contributed by atoms with van der Waals surface area (Å²) in [5, 5.41) is 7.50. The third kappa shape index (κ3) is 3.06. The second-order valence-electron chi connectivity index (χ2n) is 4.16. The minimum atomic E-state index is -0.423. The molecule has 0 unspecified atom stereocenters. The van der Waals surface area contributed by atoms with Crippen LogP contribution in [-0.4, -0.2) is 23.4 Å². The standard InChI is InChI=1S/C11H14ClFN4/c12-7-5-9(13)11(16-6-7)17(8-1-2-8)4-3-10(14)15/h5-6,8H,1-4H2,(H3,14,15). The van der Waals surface area contributed by atoms with Crippen LogP contribution < -0.4 is 10.6 Å². The zero-order valence-corrected chi connectivity index (χ0v) is 10.0. The molecule has 1 saturated carbocycles. The van der Waals surface area contributed by atoms with Gasteiger partial charge in [-0.05, 0) is 18.9 Å². The molecule has 0 aliphatic heterocycles. The van der Waals surface area contributed by atoms with E-state index < -0.39 is 5.82 Å². The molecule has 4 nitrogen and oxygen atoms in total. The molecule has 0 atom stereocenters. The van der Waals surface area contributed by atoms with Gasteiger partial charge in [-0.15, -0.1) is 0 Å². The predicted octanol–water partition coefficient (Wildman–Crippen LogP) is 2.17. The van der Waals surface area contributed by atoms with Crippen molar-refractivity contribution in [2.75, 3.05) is 11.4 Å². The summed E-state index contributed by atoms with van der Waals surface area (Å²) in [6, 6.07) is 1.57. The Bertz CT molecular complexity index is 433. The van der Waals surface area contributed by atoms with E-state index in [1.807, 2.05) is 4.90 Å². The summed E-state index contributed by atoms with van der Waals surface area (Å²) in [7, 11) is 0. The van der Waals surface area contributed by atoms with E-state index in [0.717, 1.165) is 12.8 Å². The molecule has 0 radical (unpaired) electrons. The van der Waals surface area contributed by atoms with Crippen molar-refractivity contribution in [2.45, 2.75) is 25.3 Å². The highest BCUT2D eigenvalue weighted by Crippen LogP contribution is 2.32. The topological polar surface area (TPSA) is 66.0 Å². The van der Waals surface area contributed by atoms with Crippen LogP contribution in [-0.2, 0) is 0 Å². The summed E-state index contributed by atoms with van der Waals surface area (Å²) < 4.78 is 13.7. The second-order valence-corrected chi connectivity index (χ2v) is 4.60. The number of rotatable bonds is 5. The van der Waals surface area contributed by atoms with Gasteiger partial charge in [0.15, 0.2) is 11.6 Å².